The summed E-state index contributed by atoms with van der Waals surface area (Å²) in [5.41, 5.74) is 0.0222. The maximum Gasteiger partial charge on any atom is 0.300 e. The molecule has 158 valence electrons. The summed E-state index contributed by atoms with van der Waals surface area (Å²) in [5.74, 6) is -2.48. The van der Waals surface area contributed by atoms with E-state index in [9.17, 15) is 19.1 Å². The molecule has 1 aliphatic rings. The standard InChI is InChI=1S/C22H14Cl2FNO5/c1-30-12-5-6-14(23)13(10-12)20(27)18-19(17-3-2-8-31-17)26(22(29)21(18)28)11-4-7-16(25)15(24)9-11/h2-10,19,27H,1H3/b20-18-. The Balaban J connectivity index is 1.95. The number of hydrogen-bond donors (Lipinski definition) is 1. The molecule has 1 atom stereocenters. The number of carbonyl (C=O) groups excluding carboxylic acids is 2. The number of Topliss-reactive ketones (excluding diaryl/α,β-unsaturated/α-hetero) is 1. The van der Waals surface area contributed by atoms with Crippen molar-refractivity contribution in [2.24, 2.45) is 0 Å². The van der Waals surface area contributed by atoms with Gasteiger partial charge in [0.15, 0.2) is 0 Å². The van der Waals surface area contributed by atoms with Crippen molar-refractivity contribution in [2.75, 3.05) is 12.0 Å². The molecule has 2 heterocycles. The van der Waals surface area contributed by atoms with Gasteiger partial charge in [0.05, 0.1) is 29.0 Å². The number of halogens is 3. The van der Waals surface area contributed by atoms with Gasteiger partial charge < -0.3 is 14.3 Å². The molecule has 0 saturated carbocycles. The minimum Gasteiger partial charge on any atom is -0.507 e. The second-order valence-corrected chi connectivity index (χ2v) is 7.44. The smallest absolute Gasteiger partial charge is 0.300 e. The van der Waals surface area contributed by atoms with Crippen LogP contribution < -0.4 is 9.64 Å². The molecule has 0 spiro atoms. The molecule has 1 aromatic heterocycles. The second-order valence-electron chi connectivity index (χ2n) is 6.63. The van der Waals surface area contributed by atoms with Gasteiger partial charge in [-0.3, -0.25) is 14.5 Å². The summed E-state index contributed by atoms with van der Waals surface area (Å²) in [6, 6.07) is 10.1. The highest BCUT2D eigenvalue weighted by Crippen LogP contribution is 2.44. The molecule has 0 bridgehead atoms. The molecule has 1 saturated heterocycles. The summed E-state index contributed by atoms with van der Waals surface area (Å²) in [7, 11) is 1.44. The molecule has 1 fully saturated rings. The normalized spacial score (nSPS) is 17.9. The van der Waals surface area contributed by atoms with Crippen LogP contribution in [0, 0.1) is 5.82 Å². The predicted molar refractivity (Wildman–Crippen MR) is 113 cm³/mol. The lowest BCUT2D eigenvalue weighted by Gasteiger charge is -2.23. The quantitative estimate of drug-likeness (QED) is 0.321. The van der Waals surface area contributed by atoms with Crippen molar-refractivity contribution in [3.8, 4) is 5.75 Å². The van der Waals surface area contributed by atoms with Gasteiger partial charge in [0.25, 0.3) is 11.7 Å². The van der Waals surface area contributed by atoms with Crippen molar-refractivity contribution in [2.45, 2.75) is 6.04 Å². The Morgan fingerprint density at radius 1 is 1.13 bits per heavy atom. The maximum absolute atomic E-state index is 13.7. The number of hydrogen-bond acceptors (Lipinski definition) is 5. The Morgan fingerprint density at radius 2 is 1.90 bits per heavy atom. The molecule has 1 N–H and O–H groups in total. The van der Waals surface area contributed by atoms with Crippen molar-refractivity contribution in [1.29, 1.82) is 0 Å². The Morgan fingerprint density at radius 3 is 2.55 bits per heavy atom. The van der Waals surface area contributed by atoms with Gasteiger partial charge in [0, 0.05) is 11.3 Å². The van der Waals surface area contributed by atoms with Crippen LogP contribution in [0.2, 0.25) is 10.0 Å². The third kappa shape index (κ3) is 3.56. The van der Waals surface area contributed by atoms with Gasteiger partial charge in [0.1, 0.15) is 29.1 Å². The number of ketones is 1. The van der Waals surface area contributed by atoms with E-state index in [2.05, 4.69) is 0 Å². The summed E-state index contributed by atoms with van der Waals surface area (Å²) in [6.45, 7) is 0. The average Bonchev–Trinajstić information content (AvgIpc) is 3.37. The van der Waals surface area contributed by atoms with Crippen molar-refractivity contribution < 1.29 is 28.2 Å². The first-order valence-electron chi connectivity index (χ1n) is 8.97. The highest BCUT2D eigenvalue weighted by Gasteiger charge is 2.48. The van der Waals surface area contributed by atoms with Crippen LogP contribution >= 0.6 is 23.2 Å². The maximum atomic E-state index is 13.7. The van der Waals surface area contributed by atoms with Gasteiger partial charge in [0.2, 0.25) is 0 Å². The Labute approximate surface area is 186 Å². The van der Waals surface area contributed by atoms with E-state index in [1.54, 1.807) is 18.2 Å². The van der Waals surface area contributed by atoms with E-state index in [0.29, 0.717) is 5.75 Å². The van der Waals surface area contributed by atoms with E-state index in [4.69, 9.17) is 32.4 Å². The minimum atomic E-state index is -1.13. The molecule has 6 nitrogen and oxygen atoms in total. The number of nitrogens with zero attached hydrogens (tertiary/aromatic N) is 1. The molecular weight excluding hydrogens is 448 g/mol. The van der Waals surface area contributed by atoms with Crippen LogP contribution in [0.1, 0.15) is 17.4 Å². The highest BCUT2D eigenvalue weighted by atomic mass is 35.5. The van der Waals surface area contributed by atoms with Crippen molar-refractivity contribution in [1.82, 2.24) is 0 Å². The molecule has 4 rings (SSSR count). The van der Waals surface area contributed by atoms with Gasteiger partial charge >= 0.3 is 0 Å². The van der Waals surface area contributed by atoms with E-state index >= 15 is 0 Å². The Hall–Kier alpha value is -3.29. The van der Waals surface area contributed by atoms with Crippen LogP contribution in [0.25, 0.3) is 5.76 Å². The second kappa shape index (κ2) is 8.09. The highest BCUT2D eigenvalue weighted by molar-refractivity contribution is 6.52. The van der Waals surface area contributed by atoms with Crippen LogP contribution in [-0.4, -0.2) is 23.9 Å². The summed E-state index contributed by atoms with van der Waals surface area (Å²) < 4.78 is 24.3. The number of aliphatic hydroxyl groups excluding tert-OH is 1. The number of benzene rings is 2. The number of rotatable bonds is 4. The molecule has 3 aromatic rings. The number of aliphatic hydroxyl groups is 1. The lowest BCUT2D eigenvalue weighted by atomic mass is 9.99. The van der Waals surface area contributed by atoms with E-state index < -0.39 is 29.3 Å². The fourth-order valence-electron chi connectivity index (χ4n) is 3.41. The van der Waals surface area contributed by atoms with Crippen molar-refractivity contribution in [3.63, 3.8) is 0 Å². The number of anilines is 1. The fourth-order valence-corrected chi connectivity index (χ4v) is 3.79. The molecule has 1 amide bonds. The van der Waals surface area contributed by atoms with Crippen LogP contribution in [0.15, 0.2) is 64.8 Å². The third-order valence-corrected chi connectivity index (χ3v) is 5.49. The monoisotopic (exact) mass is 461 g/mol. The molecule has 9 heteroatoms. The summed E-state index contributed by atoms with van der Waals surface area (Å²) in [5, 5.41) is 11.0. The lowest BCUT2D eigenvalue weighted by Crippen LogP contribution is -2.29. The molecule has 1 unspecified atom stereocenters. The molecule has 2 aromatic carbocycles. The fraction of sp³-hybridized carbons (Fsp3) is 0.0909. The topological polar surface area (TPSA) is 80.0 Å². The number of methoxy groups -OCH3 is 1. The van der Waals surface area contributed by atoms with Crippen LogP contribution in [-0.2, 0) is 9.59 Å². The molecular formula is C22H14Cl2FNO5. The first kappa shape index (κ1) is 21.0. The van der Waals surface area contributed by atoms with Crippen LogP contribution in [0.3, 0.4) is 0 Å². The number of ether oxygens (including phenoxy) is 1. The van der Waals surface area contributed by atoms with E-state index in [0.717, 1.165) is 11.0 Å². The third-order valence-electron chi connectivity index (χ3n) is 4.87. The van der Waals surface area contributed by atoms with Gasteiger partial charge in [-0.05, 0) is 48.5 Å². The number of amides is 1. The minimum absolute atomic E-state index is 0.104. The molecule has 0 radical (unpaired) electrons. The SMILES string of the molecule is COc1ccc(Cl)c(/C(O)=C2/C(=O)C(=O)N(c3ccc(F)c(Cl)c3)C2c2ccco2)c1. The van der Waals surface area contributed by atoms with E-state index in [1.807, 2.05) is 0 Å². The van der Waals surface area contributed by atoms with Crippen LogP contribution in [0.5, 0.6) is 5.75 Å². The van der Waals surface area contributed by atoms with Gasteiger partial charge in [-0.15, -0.1) is 0 Å². The first-order chi connectivity index (χ1) is 14.8. The Kier molecular flexibility index (Phi) is 5.47. The van der Waals surface area contributed by atoms with Gasteiger partial charge in [-0.25, -0.2) is 4.39 Å². The average molecular weight is 462 g/mol. The summed E-state index contributed by atoms with van der Waals surface area (Å²) in [6.07, 6.45) is 1.37. The van der Waals surface area contributed by atoms with Gasteiger partial charge in [-0.2, -0.15) is 0 Å². The molecule has 31 heavy (non-hydrogen) atoms. The van der Waals surface area contributed by atoms with E-state index in [1.165, 1.54) is 37.6 Å². The Bertz CT molecular complexity index is 1220. The lowest BCUT2D eigenvalue weighted by molar-refractivity contribution is -0.132. The van der Waals surface area contributed by atoms with Crippen molar-refractivity contribution >= 4 is 46.3 Å². The summed E-state index contributed by atoms with van der Waals surface area (Å²) >= 11 is 12.1. The molecule has 0 aliphatic carbocycles. The molecule has 1 aliphatic heterocycles. The zero-order valence-corrected chi connectivity index (χ0v) is 17.4. The zero-order chi connectivity index (χ0) is 22.3. The first-order valence-corrected chi connectivity index (χ1v) is 9.72. The predicted octanol–water partition coefficient (Wildman–Crippen LogP) is 5.36. The van der Waals surface area contributed by atoms with Gasteiger partial charge in [-0.1, -0.05) is 23.2 Å². The van der Waals surface area contributed by atoms with Crippen LogP contribution in [0.4, 0.5) is 10.1 Å². The largest absolute Gasteiger partial charge is 0.507 e. The zero-order valence-electron chi connectivity index (χ0n) is 15.9. The number of carbonyl (C=O) groups is 2. The summed E-state index contributed by atoms with van der Waals surface area (Å²) in [4.78, 5) is 27.0. The van der Waals surface area contributed by atoms with E-state index in [-0.39, 0.29) is 32.6 Å². The van der Waals surface area contributed by atoms with Crippen molar-refractivity contribution in [3.05, 3.63) is 87.6 Å². The number of furan rings is 1.